The van der Waals surface area contributed by atoms with Gasteiger partial charge in [-0.15, -0.1) is 0 Å². The molecule has 17 heavy (non-hydrogen) atoms. The fraction of sp³-hybridized carbons (Fsp3) is 0.111. The van der Waals surface area contributed by atoms with Crippen LogP contribution in [0.15, 0.2) is 23.2 Å². The van der Waals surface area contributed by atoms with Crippen molar-refractivity contribution >= 4 is 42.2 Å². The molecule has 0 atom stereocenters. The normalized spacial score (nSPS) is 11.9. The lowest BCUT2D eigenvalue weighted by molar-refractivity contribution is 0.194. The summed E-state index contributed by atoms with van der Waals surface area (Å²) in [6.45, 7) is -1.07. The Kier molecular flexibility index (Phi) is 3.20. The zero-order valence-electron chi connectivity index (χ0n) is 8.21. The van der Waals surface area contributed by atoms with Crippen molar-refractivity contribution in [1.29, 1.82) is 0 Å². The van der Waals surface area contributed by atoms with Gasteiger partial charge < -0.3 is 9.72 Å². The summed E-state index contributed by atoms with van der Waals surface area (Å²) in [6, 6.07) is 2.88. The van der Waals surface area contributed by atoms with E-state index < -0.39 is 15.9 Å². The monoisotopic (exact) mass is 297 g/mol. The van der Waals surface area contributed by atoms with E-state index in [4.69, 9.17) is 27.0 Å². The van der Waals surface area contributed by atoms with Crippen LogP contribution in [0.2, 0.25) is 5.02 Å². The molecule has 0 saturated heterocycles. The maximum atomic E-state index is 12.2. The largest absolute Gasteiger partial charge is 0.459 e. The Hall–Kier alpha value is -0.980. The summed E-state index contributed by atoms with van der Waals surface area (Å²) >= 11 is 5.81. The van der Waals surface area contributed by atoms with Gasteiger partial charge in [-0.3, -0.25) is 0 Å². The Morgan fingerprint density at radius 1 is 1.41 bits per heavy atom. The molecule has 0 fully saturated rings. The van der Waals surface area contributed by atoms with E-state index in [1.54, 1.807) is 0 Å². The van der Waals surface area contributed by atoms with E-state index in [1.165, 1.54) is 18.3 Å². The average molecular weight is 298 g/mol. The van der Waals surface area contributed by atoms with Gasteiger partial charge in [0.15, 0.2) is 5.75 Å². The van der Waals surface area contributed by atoms with Crippen molar-refractivity contribution in [2.75, 3.05) is 6.86 Å². The molecule has 1 aromatic carbocycles. The Balaban J connectivity index is 2.77. The van der Waals surface area contributed by atoms with Gasteiger partial charge in [0.25, 0.3) is 9.05 Å². The van der Waals surface area contributed by atoms with Gasteiger partial charge >= 0.3 is 0 Å². The molecule has 8 heteroatoms. The highest BCUT2D eigenvalue weighted by atomic mass is 35.7. The molecule has 1 heterocycles. The van der Waals surface area contributed by atoms with Gasteiger partial charge in [0.05, 0.1) is 10.5 Å². The molecule has 1 N–H and O–H groups in total. The van der Waals surface area contributed by atoms with Gasteiger partial charge in [0.2, 0.25) is 6.86 Å². The Morgan fingerprint density at radius 2 is 2.12 bits per heavy atom. The van der Waals surface area contributed by atoms with Crippen LogP contribution in [-0.4, -0.2) is 20.3 Å². The number of ether oxygens (including phenoxy) is 1. The maximum absolute atomic E-state index is 12.2. The lowest BCUT2D eigenvalue weighted by Crippen LogP contribution is -1.92. The van der Waals surface area contributed by atoms with E-state index in [0.717, 1.165) is 0 Å². The van der Waals surface area contributed by atoms with Crippen LogP contribution >= 0.6 is 22.3 Å². The van der Waals surface area contributed by atoms with Gasteiger partial charge in [-0.25, -0.2) is 12.8 Å². The number of aromatic amines is 1. The van der Waals surface area contributed by atoms with E-state index in [1.807, 2.05) is 0 Å². The van der Waals surface area contributed by atoms with Gasteiger partial charge in [0, 0.05) is 22.3 Å². The molecular weight excluding hydrogens is 292 g/mol. The van der Waals surface area contributed by atoms with Crippen molar-refractivity contribution in [3.63, 3.8) is 0 Å². The summed E-state index contributed by atoms with van der Waals surface area (Å²) in [5.41, 5.74) is 0.286. The minimum absolute atomic E-state index is 0.0539. The molecule has 2 rings (SSSR count). The first kappa shape index (κ1) is 12.5. The quantitative estimate of drug-likeness (QED) is 0.886. The van der Waals surface area contributed by atoms with Crippen LogP contribution < -0.4 is 4.74 Å². The fourth-order valence-electron chi connectivity index (χ4n) is 1.52. The average Bonchev–Trinajstić information content (AvgIpc) is 2.65. The zero-order chi connectivity index (χ0) is 12.6. The molecule has 1 aromatic heterocycles. The molecule has 92 valence electrons. The Morgan fingerprint density at radius 3 is 2.71 bits per heavy atom. The number of hydrogen-bond donors (Lipinski definition) is 1. The van der Waals surface area contributed by atoms with Gasteiger partial charge in [0.1, 0.15) is 4.90 Å². The van der Waals surface area contributed by atoms with E-state index in [0.29, 0.717) is 5.39 Å². The van der Waals surface area contributed by atoms with E-state index in [-0.39, 0.29) is 21.2 Å². The number of benzene rings is 1. The van der Waals surface area contributed by atoms with Crippen LogP contribution in [-0.2, 0) is 9.05 Å². The molecule has 0 aliphatic carbocycles. The number of halogens is 3. The molecule has 0 spiro atoms. The number of fused-ring (bicyclic) bond motifs is 1. The predicted octanol–water partition coefficient (Wildman–Crippen LogP) is 3.05. The summed E-state index contributed by atoms with van der Waals surface area (Å²) in [5.74, 6) is 0.0539. The lowest BCUT2D eigenvalue weighted by atomic mass is 10.2. The smallest absolute Gasteiger partial charge is 0.263 e. The van der Waals surface area contributed by atoms with Crippen molar-refractivity contribution < 1.29 is 17.5 Å². The highest BCUT2D eigenvalue weighted by Gasteiger charge is 2.19. The number of rotatable bonds is 3. The van der Waals surface area contributed by atoms with Crippen LogP contribution in [0, 0.1) is 0 Å². The molecule has 0 aliphatic heterocycles. The first-order chi connectivity index (χ1) is 7.95. The summed E-state index contributed by atoms with van der Waals surface area (Å²) in [4.78, 5) is 2.55. The highest BCUT2D eigenvalue weighted by molar-refractivity contribution is 8.14. The minimum atomic E-state index is -3.88. The van der Waals surface area contributed by atoms with Gasteiger partial charge in [-0.1, -0.05) is 11.6 Å². The summed E-state index contributed by atoms with van der Waals surface area (Å²) in [5, 5.41) is 0.475. The number of H-pyrrole nitrogens is 1. The van der Waals surface area contributed by atoms with Crippen LogP contribution in [0.25, 0.3) is 10.9 Å². The fourth-order valence-corrected chi connectivity index (χ4v) is 2.75. The van der Waals surface area contributed by atoms with Gasteiger partial charge in [-0.2, -0.15) is 0 Å². The third-order valence-electron chi connectivity index (χ3n) is 2.18. The molecule has 4 nitrogen and oxygen atoms in total. The molecule has 0 unspecified atom stereocenters. The molecule has 0 aliphatic rings. The van der Waals surface area contributed by atoms with Crippen molar-refractivity contribution in [3.8, 4) is 5.75 Å². The first-order valence-corrected chi connectivity index (χ1v) is 7.07. The van der Waals surface area contributed by atoms with E-state index >= 15 is 0 Å². The van der Waals surface area contributed by atoms with Crippen molar-refractivity contribution in [2.24, 2.45) is 0 Å². The first-order valence-electron chi connectivity index (χ1n) is 4.38. The standard InChI is InChI=1S/C9H6Cl2FNO3S/c10-6-2-1-5-7(17(11,14)15)3-13-8(5)9(6)16-4-12/h1-3,13H,4H2. The zero-order valence-corrected chi connectivity index (χ0v) is 10.5. The SMILES string of the molecule is O=S(=O)(Cl)c1c[nH]c2c(OCF)c(Cl)ccc12. The molecular formula is C9H6Cl2FNO3S. The number of nitrogens with one attached hydrogen (secondary N) is 1. The summed E-state index contributed by atoms with van der Waals surface area (Å²) in [6.07, 6.45) is 1.20. The molecule has 0 bridgehead atoms. The Labute approximate surface area is 106 Å². The third-order valence-corrected chi connectivity index (χ3v) is 3.84. The van der Waals surface area contributed by atoms with Crippen molar-refractivity contribution in [1.82, 2.24) is 4.98 Å². The topological polar surface area (TPSA) is 59.2 Å². The Bertz CT molecular complexity index is 668. The molecule has 0 radical (unpaired) electrons. The molecule has 2 aromatic rings. The molecule has 0 amide bonds. The maximum Gasteiger partial charge on any atom is 0.263 e. The second-order valence-corrected chi connectivity index (χ2v) is 6.08. The third kappa shape index (κ3) is 2.20. The number of alkyl halides is 1. The van der Waals surface area contributed by atoms with Crippen molar-refractivity contribution in [3.05, 3.63) is 23.4 Å². The van der Waals surface area contributed by atoms with Crippen molar-refractivity contribution in [2.45, 2.75) is 4.90 Å². The lowest BCUT2D eigenvalue weighted by Gasteiger charge is -2.05. The van der Waals surface area contributed by atoms with Crippen LogP contribution in [0.4, 0.5) is 4.39 Å². The van der Waals surface area contributed by atoms with E-state index in [9.17, 15) is 12.8 Å². The van der Waals surface area contributed by atoms with Crippen LogP contribution in [0.5, 0.6) is 5.75 Å². The number of aromatic nitrogens is 1. The summed E-state index contributed by atoms with van der Waals surface area (Å²) < 4.78 is 39.4. The van der Waals surface area contributed by atoms with Crippen LogP contribution in [0.3, 0.4) is 0 Å². The van der Waals surface area contributed by atoms with Crippen LogP contribution in [0.1, 0.15) is 0 Å². The minimum Gasteiger partial charge on any atom is -0.459 e. The van der Waals surface area contributed by atoms with E-state index in [2.05, 4.69) is 4.98 Å². The predicted molar refractivity (Wildman–Crippen MR) is 63.0 cm³/mol. The number of hydrogen-bond acceptors (Lipinski definition) is 3. The summed E-state index contributed by atoms with van der Waals surface area (Å²) in [7, 11) is 1.37. The highest BCUT2D eigenvalue weighted by Crippen LogP contribution is 2.36. The second-order valence-electron chi connectivity index (χ2n) is 3.14. The molecule has 0 saturated carbocycles. The van der Waals surface area contributed by atoms with Gasteiger partial charge in [-0.05, 0) is 12.1 Å². The second kappa shape index (κ2) is 4.36.